The zero-order valence-electron chi connectivity index (χ0n) is 9.10. The lowest BCUT2D eigenvalue weighted by atomic mass is 10.1. The van der Waals surface area contributed by atoms with Crippen LogP contribution in [0.4, 0.5) is 0 Å². The zero-order chi connectivity index (χ0) is 9.44. The van der Waals surface area contributed by atoms with Crippen molar-refractivity contribution in [2.75, 3.05) is 21.1 Å². The molecule has 0 rings (SSSR count). The quantitative estimate of drug-likeness (QED) is 0.674. The van der Waals surface area contributed by atoms with Gasteiger partial charge in [0.25, 0.3) is 0 Å². The lowest BCUT2D eigenvalue weighted by Crippen LogP contribution is -2.41. The summed E-state index contributed by atoms with van der Waals surface area (Å²) in [6.07, 6.45) is 0. The van der Waals surface area contributed by atoms with E-state index < -0.39 is 0 Å². The fraction of sp³-hybridized carbons (Fsp3) is 1.00. The maximum absolute atomic E-state index is 3.20. The Morgan fingerprint density at radius 3 is 1.55 bits per heavy atom. The van der Waals surface area contributed by atoms with Gasteiger partial charge in [-0.3, -0.25) is 0 Å². The molecule has 0 aromatic rings. The molecule has 0 aromatic carbocycles. The molecular weight excluding hydrogens is 136 g/mol. The largest absolute Gasteiger partial charge is 0.316 e. The first-order valence-electron chi connectivity index (χ1n) is 4.43. The maximum atomic E-state index is 3.20. The van der Waals surface area contributed by atoms with Crippen LogP contribution in [0, 0.1) is 0 Å². The van der Waals surface area contributed by atoms with Crippen LogP contribution in [-0.4, -0.2) is 38.1 Å². The van der Waals surface area contributed by atoms with Gasteiger partial charge in [0.1, 0.15) is 0 Å². The van der Waals surface area contributed by atoms with Crippen molar-refractivity contribution in [2.24, 2.45) is 0 Å². The van der Waals surface area contributed by atoms with Crippen LogP contribution in [-0.2, 0) is 0 Å². The van der Waals surface area contributed by atoms with Crippen molar-refractivity contribution >= 4 is 0 Å². The monoisotopic (exact) mass is 160 g/mol. The number of hydrogen-bond donors (Lipinski definition) is 1. The molecule has 0 aromatic heterocycles. The fourth-order valence-corrected chi connectivity index (χ4v) is 0.688. The van der Waals surface area contributed by atoms with Crippen LogP contribution in [0.25, 0.3) is 0 Å². The average molecular weight is 160 g/mol. The van der Waals surface area contributed by atoms with Gasteiger partial charge in [-0.25, -0.2) is 0 Å². The normalized spacial score (nSPS) is 15.3. The highest BCUT2D eigenvalue weighted by molar-refractivity contribution is 4.71. The standard InChI is InChI=1S/C7H18N2.C2H6/c1-6(8-3)7(2)9(4)5;1-2/h6-8H,1-5H3;1-2H3. The van der Waals surface area contributed by atoms with Crippen LogP contribution < -0.4 is 5.32 Å². The Bertz CT molecular complexity index is 72.0. The SMILES string of the molecule is CC.CNC(C)C(C)N(C)C. The van der Waals surface area contributed by atoms with Crippen LogP contribution in [0.3, 0.4) is 0 Å². The molecule has 0 spiro atoms. The predicted octanol–water partition coefficient (Wildman–Crippen LogP) is 1.57. The molecule has 2 atom stereocenters. The molecule has 0 aliphatic heterocycles. The molecule has 2 unspecified atom stereocenters. The van der Waals surface area contributed by atoms with E-state index in [1.165, 1.54) is 0 Å². The summed E-state index contributed by atoms with van der Waals surface area (Å²) in [5.41, 5.74) is 0. The average Bonchev–Trinajstić information content (AvgIpc) is 2.05. The lowest BCUT2D eigenvalue weighted by molar-refractivity contribution is 0.262. The van der Waals surface area contributed by atoms with E-state index in [9.17, 15) is 0 Å². The van der Waals surface area contributed by atoms with Gasteiger partial charge in [-0.15, -0.1) is 0 Å². The van der Waals surface area contributed by atoms with Gasteiger partial charge in [0.05, 0.1) is 0 Å². The minimum atomic E-state index is 0.569. The van der Waals surface area contributed by atoms with E-state index >= 15 is 0 Å². The molecular formula is C9H24N2. The summed E-state index contributed by atoms with van der Waals surface area (Å²) < 4.78 is 0. The molecule has 0 saturated carbocycles. The van der Waals surface area contributed by atoms with Crippen LogP contribution in [0.1, 0.15) is 27.7 Å². The summed E-state index contributed by atoms with van der Waals surface area (Å²) in [4.78, 5) is 2.21. The molecule has 0 bridgehead atoms. The Balaban J connectivity index is 0. The fourth-order valence-electron chi connectivity index (χ4n) is 0.688. The third-order valence-electron chi connectivity index (χ3n) is 1.99. The predicted molar refractivity (Wildman–Crippen MR) is 53.0 cm³/mol. The van der Waals surface area contributed by atoms with Gasteiger partial charge in [-0.2, -0.15) is 0 Å². The Morgan fingerprint density at radius 1 is 1.09 bits per heavy atom. The molecule has 70 valence electrons. The van der Waals surface area contributed by atoms with Crippen molar-refractivity contribution in [2.45, 2.75) is 39.8 Å². The second-order valence-corrected chi connectivity index (χ2v) is 2.78. The van der Waals surface area contributed by atoms with Crippen molar-refractivity contribution < 1.29 is 0 Å². The molecule has 0 heterocycles. The highest BCUT2D eigenvalue weighted by Crippen LogP contribution is 1.96. The third kappa shape index (κ3) is 6.32. The highest BCUT2D eigenvalue weighted by Gasteiger charge is 2.10. The number of likely N-dealkylation sites (N-methyl/N-ethyl adjacent to an activating group) is 2. The van der Waals surface area contributed by atoms with E-state index in [4.69, 9.17) is 0 Å². The first kappa shape index (κ1) is 13.5. The van der Waals surface area contributed by atoms with Crippen molar-refractivity contribution in [3.05, 3.63) is 0 Å². The molecule has 11 heavy (non-hydrogen) atoms. The van der Waals surface area contributed by atoms with Gasteiger partial charge in [-0.1, -0.05) is 13.8 Å². The summed E-state index contributed by atoms with van der Waals surface area (Å²) in [5.74, 6) is 0. The van der Waals surface area contributed by atoms with E-state index in [0.29, 0.717) is 12.1 Å². The van der Waals surface area contributed by atoms with E-state index in [1.54, 1.807) is 0 Å². The Morgan fingerprint density at radius 2 is 1.45 bits per heavy atom. The van der Waals surface area contributed by atoms with Gasteiger partial charge in [0, 0.05) is 12.1 Å². The Kier molecular flexibility index (Phi) is 9.85. The first-order valence-corrected chi connectivity index (χ1v) is 4.43. The number of rotatable bonds is 3. The van der Waals surface area contributed by atoms with E-state index in [0.717, 1.165) is 0 Å². The summed E-state index contributed by atoms with van der Waals surface area (Å²) in [6, 6.07) is 1.18. The van der Waals surface area contributed by atoms with E-state index in [-0.39, 0.29) is 0 Å². The topological polar surface area (TPSA) is 15.3 Å². The number of nitrogens with one attached hydrogen (secondary N) is 1. The third-order valence-corrected chi connectivity index (χ3v) is 1.99. The van der Waals surface area contributed by atoms with Crippen LogP contribution >= 0.6 is 0 Å². The molecule has 0 aliphatic rings. The van der Waals surface area contributed by atoms with E-state index in [2.05, 4.69) is 38.2 Å². The number of hydrogen-bond acceptors (Lipinski definition) is 2. The maximum Gasteiger partial charge on any atom is 0.0212 e. The first-order chi connectivity index (χ1) is 5.09. The van der Waals surface area contributed by atoms with Crippen molar-refractivity contribution in [3.8, 4) is 0 Å². The van der Waals surface area contributed by atoms with Gasteiger partial charge < -0.3 is 10.2 Å². The number of nitrogens with zero attached hydrogens (tertiary/aromatic N) is 1. The van der Waals surface area contributed by atoms with E-state index in [1.807, 2.05) is 20.9 Å². The van der Waals surface area contributed by atoms with Crippen molar-refractivity contribution in [1.82, 2.24) is 10.2 Å². The molecule has 2 nitrogen and oxygen atoms in total. The molecule has 0 saturated heterocycles. The Labute approximate surface area is 72.0 Å². The molecule has 0 amide bonds. The second-order valence-electron chi connectivity index (χ2n) is 2.78. The van der Waals surface area contributed by atoms with Crippen LogP contribution in [0.5, 0.6) is 0 Å². The van der Waals surface area contributed by atoms with Crippen LogP contribution in [0.15, 0.2) is 0 Å². The Hall–Kier alpha value is -0.0800. The molecule has 0 radical (unpaired) electrons. The lowest BCUT2D eigenvalue weighted by Gasteiger charge is -2.25. The smallest absolute Gasteiger partial charge is 0.0212 e. The van der Waals surface area contributed by atoms with Crippen LogP contribution in [0.2, 0.25) is 0 Å². The minimum absolute atomic E-state index is 0.569. The molecule has 1 N–H and O–H groups in total. The summed E-state index contributed by atoms with van der Waals surface area (Å²) in [7, 11) is 6.18. The van der Waals surface area contributed by atoms with Gasteiger partial charge in [0.2, 0.25) is 0 Å². The molecule has 2 heteroatoms. The van der Waals surface area contributed by atoms with Gasteiger partial charge in [0.15, 0.2) is 0 Å². The van der Waals surface area contributed by atoms with Gasteiger partial charge in [-0.05, 0) is 35.0 Å². The highest BCUT2D eigenvalue weighted by atomic mass is 15.1. The summed E-state index contributed by atoms with van der Waals surface area (Å²) >= 11 is 0. The minimum Gasteiger partial charge on any atom is -0.316 e. The van der Waals surface area contributed by atoms with Crippen molar-refractivity contribution in [3.63, 3.8) is 0 Å². The second kappa shape index (κ2) is 8.02. The summed E-state index contributed by atoms with van der Waals surface area (Å²) in [5, 5.41) is 3.20. The van der Waals surface area contributed by atoms with Crippen molar-refractivity contribution in [1.29, 1.82) is 0 Å². The van der Waals surface area contributed by atoms with Gasteiger partial charge >= 0.3 is 0 Å². The summed E-state index contributed by atoms with van der Waals surface area (Å²) in [6.45, 7) is 8.39. The zero-order valence-corrected chi connectivity index (χ0v) is 9.10. The molecule has 0 aliphatic carbocycles. The molecule has 0 fully saturated rings.